The van der Waals surface area contributed by atoms with E-state index in [0.717, 1.165) is 43.2 Å². The Morgan fingerprint density at radius 3 is 2.90 bits per heavy atom. The highest BCUT2D eigenvalue weighted by atomic mass is 32.1. The standard InChI is InChI=1S/C15H19N3OS/c1-2-4-14-12(3-1)16-15(20-14)13-5-8-18(17-13)11-6-9-19-10-7-11/h5,8,11H,1-4,6-7,9-10H2. The molecule has 1 fully saturated rings. The molecule has 5 heteroatoms. The number of nitrogens with zero attached hydrogens (tertiary/aromatic N) is 3. The molecule has 0 saturated carbocycles. The molecule has 3 heterocycles. The van der Waals surface area contributed by atoms with E-state index in [1.54, 1.807) is 0 Å². The molecule has 106 valence electrons. The van der Waals surface area contributed by atoms with Crippen molar-refractivity contribution in [1.82, 2.24) is 14.8 Å². The van der Waals surface area contributed by atoms with Crippen LogP contribution in [0.2, 0.25) is 0 Å². The van der Waals surface area contributed by atoms with Gasteiger partial charge in [0.2, 0.25) is 0 Å². The van der Waals surface area contributed by atoms with Gasteiger partial charge in [0.05, 0.1) is 11.7 Å². The Morgan fingerprint density at radius 1 is 1.20 bits per heavy atom. The van der Waals surface area contributed by atoms with Gasteiger partial charge in [0, 0.05) is 24.3 Å². The van der Waals surface area contributed by atoms with Gasteiger partial charge in [-0.2, -0.15) is 5.10 Å². The molecule has 4 rings (SSSR count). The van der Waals surface area contributed by atoms with E-state index < -0.39 is 0 Å². The summed E-state index contributed by atoms with van der Waals surface area (Å²) in [5, 5.41) is 5.86. The van der Waals surface area contributed by atoms with E-state index in [4.69, 9.17) is 14.8 Å². The summed E-state index contributed by atoms with van der Waals surface area (Å²) in [6.45, 7) is 1.71. The summed E-state index contributed by atoms with van der Waals surface area (Å²) in [5.41, 5.74) is 2.35. The van der Waals surface area contributed by atoms with Crippen molar-refractivity contribution in [2.24, 2.45) is 0 Å². The molecule has 1 aliphatic heterocycles. The van der Waals surface area contributed by atoms with Crippen molar-refractivity contribution in [2.75, 3.05) is 13.2 Å². The third-order valence-electron chi connectivity index (χ3n) is 4.24. The Balaban J connectivity index is 1.59. The maximum absolute atomic E-state index is 5.42. The Labute approximate surface area is 122 Å². The molecule has 4 nitrogen and oxygen atoms in total. The molecule has 0 radical (unpaired) electrons. The Bertz CT molecular complexity index is 575. The smallest absolute Gasteiger partial charge is 0.144 e. The first-order chi connectivity index (χ1) is 9.90. The van der Waals surface area contributed by atoms with Gasteiger partial charge in [-0.3, -0.25) is 4.68 Å². The number of hydrogen-bond acceptors (Lipinski definition) is 4. The molecule has 2 aliphatic rings. The van der Waals surface area contributed by atoms with Crippen LogP contribution in [0.3, 0.4) is 0 Å². The van der Waals surface area contributed by atoms with E-state index in [0.29, 0.717) is 6.04 Å². The van der Waals surface area contributed by atoms with E-state index >= 15 is 0 Å². The maximum atomic E-state index is 5.42. The zero-order valence-electron chi connectivity index (χ0n) is 11.5. The first kappa shape index (κ1) is 12.5. The van der Waals surface area contributed by atoms with Gasteiger partial charge in [0.25, 0.3) is 0 Å². The van der Waals surface area contributed by atoms with Crippen molar-refractivity contribution in [2.45, 2.75) is 44.6 Å². The second-order valence-electron chi connectivity index (χ2n) is 5.62. The van der Waals surface area contributed by atoms with Crippen molar-refractivity contribution in [3.8, 4) is 10.7 Å². The molecule has 20 heavy (non-hydrogen) atoms. The van der Waals surface area contributed by atoms with Gasteiger partial charge in [-0.1, -0.05) is 0 Å². The molecule has 1 saturated heterocycles. The Morgan fingerprint density at radius 2 is 2.05 bits per heavy atom. The Kier molecular flexibility index (Phi) is 3.32. The van der Waals surface area contributed by atoms with Crippen LogP contribution in [-0.2, 0) is 17.6 Å². The van der Waals surface area contributed by atoms with Crippen LogP contribution in [-0.4, -0.2) is 28.0 Å². The highest BCUT2D eigenvalue weighted by Gasteiger charge is 2.20. The highest BCUT2D eigenvalue weighted by molar-refractivity contribution is 7.15. The molecular formula is C15H19N3OS. The van der Waals surface area contributed by atoms with Crippen LogP contribution in [0.1, 0.15) is 42.3 Å². The molecule has 0 N–H and O–H groups in total. The van der Waals surface area contributed by atoms with Crippen LogP contribution >= 0.6 is 11.3 Å². The van der Waals surface area contributed by atoms with Crippen LogP contribution in [0.25, 0.3) is 10.7 Å². The summed E-state index contributed by atoms with van der Waals surface area (Å²) >= 11 is 1.84. The van der Waals surface area contributed by atoms with Gasteiger partial charge in [-0.05, 0) is 44.6 Å². The van der Waals surface area contributed by atoms with Crippen molar-refractivity contribution in [3.63, 3.8) is 0 Å². The van der Waals surface area contributed by atoms with Crippen molar-refractivity contribution in [1.29, 1.82) is 0 Å². The number of fused-ring (bicyclic) bond motifs is 1. The number of aromatic nitrogens is 3. The predicted octanol–water partition coefficient (Wildman–Crippen LogP) is 3.24. The average molecular weight is 289 g/mol. The van der Waals surface area contributed by atoms with E-state index in [1.807, 2.05) is 11.3 Å². The minimum absolute atomic E-state index is 0.493. The monoisotopic (exact) mass is 289 g/mol. The van der Waals surface area contributed by atoms with Crippen LogP contribution < -0.4 is 0 Å². The number of ether oxygens (including phenoxy) is 1. The van der Waals surface area contributed by atoms with E-state index in [9.17, 15) is 0 Å². The molecule has 0 unspecified atom stereocenters. The highest BCUT2D eigenvalue weighted by Crippen LogP contribution is 2.32. The van der Waals surface area contributed by atoms with Crippen LogP contribution in [0.5, 0.6) is 0 Å². The SMILES string of the molecule is c1cn(C2CCOCC2)nc1-c1nc2c(s1)CCCC2. The lowest BCUT2D eigenvalue weighted by atomic mass is 10.0. The summed E-state index contributed by atoms with van der Waals surface area (Å²) in [7, 11) is 0. The molecule has 0 bridgehead atoms. The van der Waals surface area contributed by atoms with Gasteiger partial charge in [0.1, 0.15) is 10.7 Å². The molecular weight excluding hydrogens is 270 g/mol. The van der Waals surface area contributed by atoms with E-state index in [-0.39, 0.29) is 0 Å². The zero-order chi connectivity index (χ0) is 13.4. The van der Waals surface area contributed by atoms with Gasteiger partial charge in [0.15, 0.2) is 0 Å². The van der Waals surface area contributed by atoms with E-state index in [1.165, 1.54) is 29.8 Å². The number of hydrogen-bond donors (Lipinski definition) is 0. The van der Waals surface area contributed by atoms with Gasteiger partial charge >= 0.3 is 0 Å². The maximum Gasteiger partial charge on any atom is 0.144 e. The minimum atomic E-state index is 0.493. The predicted molar refractivity (Wildman–Crippen MR) is 79.1 cm³/mol. The Hall–Kier alpha value is -1.20. The van der Waals surface area contributed by atoms with Crippen LogP contribution in [0.15, 0.2) is 12.3 Å². The average Bonchev–Trinajstić information content (AvgIpc) is 3.14. The molecule has 2 aromatic heterocycles. The summed E-state index contributed by atoms with van der Waals surface area (Å²) in [4.78, 5) is 6.28. The van der Waals surface area contributed by atoms with Gasteiger partial charge in [-0.15, -0.1) is 11.3 Å². The second kappa shape index (κ2) is 5.30. The second-order valence-corrected chi connectivity index (χ2v) is 6.70. The fourth-order valence-corrected chi connectivity index (χ4v) is 4.18. The molecule has 2 aromatic rings. The molecule has 0 spiro atoms. The van der Waals surface area contributed by atoms with E-state index in [2.05, 4.69) is 16.9 Å². The largest absolute Gasteiger partial charge is 0.381 e. The summed E-state index contributed by atoms with van der Waals surface area (Å²) in [6.07, 6.45) is 9.18. The normalized spacial score (nSPS) is 20.0. The van der Waals surface area contributed by atoms with Crippen molar-refractivity contribution < 1.29 is 4.74 Å². The lowest BCUT2D eigenvalue weighted by Gasteiger charge is -2.22. The molecule has 0 atom stereocenters. The van der Waals surface area contributed by atoms with Crippen LogP contribution in [0.4, 0.5) is 0 Å². The third kappa shape index (κ3) is 2.29. The number of aryl methyl sites for hydroxylation is 2. The fraction of sp³-hybridized carbons (Fsp3) is 0.600. The number of thiazole rings is 1. The first-order valence-electron chi connectivity index (χ1n) is 7.52. The first-order valence-corrected chi connectivity index (χ1v) is 8.33. The fourth-order valence-electron chi connectivity index (χ4n) is 3.07. The van der Waals surface area contributed by atoms with Crippen LogP contribution in [0, 0.1) is 0 Å². The molecule has 1 aliphatic carbocycles. The summed E-state index contributed by atoms with van der Waals surface area (Å²) < 4.78 is 7.53. The topological polar surface area (TPSA) is 39.9 Å². The summed E-state index contributed by atoms with van der Waals surface area (Å²) in [6, 6.07) is 2.60. The minimum Gasteiger partial charge on any atom is -0.381 e. The quantitative estimate of drug-likeness (QED) is 0.852. The van der Waals surface area contributed by atoms with Gasteiger partial charge in [-0.25, -0.2) is 4.98 Å². The molecule has 0 aromatic carbocycles. The summed E-state index contributed by atoms with van der Waals surface area (Å²) in [5.74, 6) is 0. The van der Waals surface area contributed by atoms with Crippen molar-refractivity contribution in [3.05, 3.63) is 22.8 Å². The van der Waals surface area contributed by atoms with Gasteiger partial charge < -0.3 is 4.74 Å². The molecule has 0 amide bonds. The zero-order valence-corrected chi connectivity index (χ0v) is 12.4. The third-order valence-corrected chi connectivity index (χ3v) is 5.42. The lowest BCUT2D eigenvalue weighted by molar-refractivity contribution is 0.0663. The lowest BCUT2D eigenvalue weighted by Crippen LogP contribution is -2.19. The number of rotatable bonds is 2. The van der Waals surface area contributed by atoms with Crippen molar-refractivity contribution >= 4 is 11.3 Å².